The van der Waals surface area contributed by atoms with E-state index in [1.165, 1.54) is 0 Å². The molecule has 1 aromatic carbocycles. The quantitative estimate of drug-likeness (QED) is 0.378. The number of allylic oxidation sites excluding steroid dienone is 2. The van der Waals surface area contributed by atoms with Crippen LogP contribution in [-0.2, 0) is 9.47 Å². The number of hydrogen-bond donors (Lipinski definition) is 1. The Kier molecular flexibility index (Phi) is 8.31. The van der Waals surface area contributed by atoms with E-state index < -0.39 is 13.5 Å². The van der Waals surface area contributed by atoms with Crippen LogP contribution in [0.4, 0.5) is 0 Å². The molecule has 1 N–H and O–H groups in total. The Hall–Kier alpha value is -0.525. The molecular formula is C24H34BBrN2O3P+. The summed E-state index contributed by atoms with van der Waals surface area (Å²) in [7, 11) is 8.76. The third kappa shape index (κ3) is 4.55. The Morgan fingerprint density at radius 1 is 1.09 bits per heavy atom. The van der Waals surface area contributed by atoms with Gasteiger partial charge in [0.2, 0.25) is 0 Å². The average Bonchev–Trinajstić information content (AvgIpc) is 3.55. The maximum atomic E-state index is 11.5. The normalized spacial score (nSPS) is 27.9. The molecule has 2 heterocycles. The zero-order valence-electron chi connectivity index (χ0n) is 19.1. The van der Waals surface area contributed by atoms with E-state index in [1.54, 1.807) is 14.2 Å². The second-order valence-electron chi connectivity index (χ2n) is 8.95. The van der Waals surface area contributed by atoms with Crippen molar-refractivity contribution in [1.82, 2.24) is 9.34 Å². The summed E-state index contributed by atoms with van der Waals surface area (Å²) in [5.74, 6) is -0.153. The smallest absolute Gasteiger partial charge is 0.387 e. The number of rotatable bonds is 9. The van der Waals surface area contributed by atoms with Crippen LogP contribution >= 0.6 is 23.4 Å². The van der Waals surface area contributed by atoms with Gasteiger partial charge in [-0.1, -0.05) is 46.3 Å². The van der Waals surface area contributed by atoms with Crippen molar-refractivity contribution in [3.05, 3.63) is 57.8 Å². The standard InChI is InChI=1S/C24H34BBrN2O3P/c1-30-16-18-8-6-14-27(18)32(25,28-15-7-9-19(28)17-31-2)23-13-5-11-21(23)24(29)20-10-3-4-12-22(20)26/h3-5,10-13,18-19,21,24,29H,6-9,14-17H2,1-2H3/q+1/t18-,19-,21+,24+/m0/s1. The van der Waals surface area contributed by atoms with E-state index in [9.17, 15) is 5.11 Å². The SMILES string of the molecule is [B][P+](C1=CC=C[C@H]1[C@H](O)c1ccccc1Br)(N1CCC[C@H]1COC)N1CCC[C@H]1COC. The molecule has 1 aliphatic carbocycles. The van der Waals surface area contributed by atoms with Gasteiger partial charge in [0.05, 0.1) is 42.6 Å². The predicted octanol–water partition coefficient (Wildman–Crippen LogP) is 4.71. The van der Waals surface area contributed by atoms with Crippen molar-refractivity contribution in [2.24, 2.45) is 5.92 Å². The molecule has 0 aromatic heterocycles. The van der Waals surface area contributed by atoms with Crippen LogP contribution in [0.3, 0.4) is 0 Å². The maximum absolute atomic E-state index is 11.5. The Morgan fingerprint density at radius 3 is 2.25 bits per heavy atom. The lowest BCUT2D eigenvalue weighted by Gasteiger charge is -2.45. The van der Waals surface area contributed by atoms with E-state index in [1.807, 2.05) is 24.3 Å². The third-order valence-electron chi connectivity index (χ3n) is 7.06. The zero-order valence-corrected chi connectivity index (χ0v) is 21.5. The summed E-state index contributed by atoms with van der Waals surface area (Å²) in [6.07, 6.45) is 10.1. The van der Waals surface area contributed by atoms with Crippen LogP contribution in [0.2, 0.25) is 0 Å². The first-order chi connectivity index (χ1) is 15.5. The molecule has 0 unspecified atom stereocenters. The second-order valence-corrected chi connectivity index (χ2v) is 12.6. The van der Waals surface area contributed by atoms with Gasteiger partial charge in [-0.15, -0.1) is 0 Å². The van der Waals surface area contributed by atoms with Gasteiger partial charge >= 0.3 is 7.57 Å². The molecule has 5 nitrogen and oxygen atoms in total. The van der Waals surface area contributed by atoms with Gasteiger partial charge in [-0.25, -0.2) is 0 Å². The summed E-state index contributed by atoms with van der Waals surface area (Å²) in [4.78, 5) is 0. The predicted molar refractivity (Wildman–Crippen MR) is 136 cm³/mol. The summed E-state index contributed by atoms with van der Waals surface area (Å²) in [5.41, 5.74) is 0.895. The number of aliphatic hydroxyl groups is 1. The molecule has 2 radical (unpaired) electrons. The lowest BCUT2D eigenvalue weighted by molar-refractivity contribution is 0.133. The first-order valence-corrected chi connectivity index (χ1v) is 14.1. The molecule has 0 amide bonds. The van der Waals surface area contributed by atoms with Gasteiger partial charge in [0.1, 0.15) is 7.44 Å². The molecule has 0 saturated carbocycles. The Morgan fingerprint density at radius 2 is 1.69 bits per heavy atom. The van der Waals surface area contributed by atoms with Crippen molar-refractivity contribution in [3.8, 4) is 0 Å². The van der Waals surface area contributed by atoms with Gasteiger partial charge in [0, 0.05) is 31.8 Å². The third-order valence-corrected chi connectivity index (χ3v) is 11.6. The highest BCUT2D eigenvalue weighted by Crippen LogP contribution is 2.74. The van der Waals surface area contributed by atoms with Crippen molar-refractivity contribution in [2.45, 2.75) is 43.9 Å². The Labute approximate surface area is 202 Å². The lowest BCUT2D eigenvalue weighted by atomic mass is 9.97. The number of halogens is 1. The van der Waals surface area contributed by atoms with E-state index in [2.05, 4.69) is 43.5 Å². The highest BCUT2D eigenvalue weighted by atomic mass is 79.9. The fraction of sp³-hybridized carbons (Fsp3) is 0.583. The number of methoxy groups -OCH3 is 2. The van der Waals surface area contributed by atoms with Crippen LogP contribution in [0.1, 0.15) is 37.4 Å². The van der Waals surface area contributed by atoms with E-state index in [0.29, 0.717) is 25.3 Å². The molecule has 2 aliphatic heterocycles. The van der Waals surface area contributed by atoms with Crippen molar-refractivity contribution in [3.63, 3.8) is 0 Å². The van der Waals surface area contributed by atoms with Crippen LogP contribution in [0.25, 0.3) is 0 Å². The van der Waals surface area contributed by atoms with Crippen molar-refractivity contribution in [1.29, 1.82) is 0 Å². The first kappa shape index (κ1) is 24.6. The minimum Gasteiger partial charge on any atom is -0.387 e. The molecule has 0 bridgehead atoms. The zero-order chi connectivity index (χ0) is 22.7. The summed E-state index contributed by atoms with van der Waals surface area (Å²) >= 11 is 3.63. The minimum absolute atomic E-state index is 0.153. The number of aliphatic hydroxyl groups excluding tert-OH is 1. The van der Waals surface area contributed by atoms with Gasteiger partial charge in [-0.2, -0.15) is 9.34 Å². The van der Waals surface area contributed by atoms with E-state index >= 15 is 0 Å². The molecule has 172 valence electrons. The number of benzene rings is 1. The van der Waals surface area contributed by atoms with Gasteiger partial charge in [-0.3, -0.25) is 0 Å². The van der Waals surface area contributed by atoms with E-state index in [-0.39, 0.29) is 5.92 Å². The number of nitrogens with zero attached hydrogens (tertiary/aromatic N) is 2. The van der Waals surface area contributed by atoms with Crippen molar-refractivity contribution in [2.75, 3.05) is 40.5 Å². The molecule has 2 fully saturated rings. The molecule has 0 spiro atoms. The maximum Gasteiger partial charge on any atom is 0.416 e. The molecule has 4 rings (SSSR count). The topological polar surface area (TPSA) is 45.2 Å². The van der Waals surface area contributed by atoms with E-state index in [4.69, 9.17) is 17.0 Å². The fourth-order valence-corrected chi connectivity index (χ4v) is 10.2. The first-order valence-electron chi connectivity index (χ1n) is 11.5. The molecular weight excluding hydrogens is 486 g/mol. The summed E-state index contributed by atoms with van der Waals surface area (Å²) in [6.45, 7) is 3.28. The Bertz CT molecular complexity index is 830. The molecule has 4 atom stereocenters. The lowest BCUT2D eigenvalue weighted by Crippen LogP contribution is -2.45. The number of hydrogen-bond acceptors (Lipinski definition) is 5. The van der Waals surface area contributed by atoms with Gasteiger partial charge in [-0.05, 0) is 43.4 Å². The second kappa shape index (κ2) is 10.8. The number of ether oxygens (including phenoxy) is 2. The van der Waals surface area contributed by atoms with Gasteiger partial charge in [0.15, 0.2) is 0 Å². The molecule has 3 aliphatic rings. The van der Waals surface area contributed by atoms with Crippen LogP contribution in [0, 0.1) is 5.92 Å². The minimum atomic E-state index is -2.40. The molecule has 2 saturated heterocycles. The monoisotopic (exact) mass is 519 g/mol. The highest BCUT2D eigenvalue weighted by Gasteiger charge is 2.59. The Balaban J connectivity index is 1.73. The van der Waals surface area contributed by atoms with Crippen LogP contribution in [-0.4, -0.2) is 74.6 Å². The summed E-state index contributed by atoms with van der Waals surface area (Å²) < 4.78 is 17.2. The molecule has 32 heavy (non-hydrogen) atoms. The van der Waals surface area contributed by atoms with Crippen LogP contribution in [0.15, 0.2) is 52.3 Å². The molecule has 8 heteroatoms. The van der Waals surface area contributed by atoms with Gasteiger partial charge < -0.3 is 14.6 Å². The highest BCUT2D eigenvalue weighted by molar-refractivity contribution is 9.10. The van der Waals surface area contributed by atoms with Crippen LogP contribution in [0.5, 0.6) is 0 Å². The summed E-state index contributed by atoms with van der Waals surface area (Å²) in [5, 5.41) is 12.7. The van der Waals surface area contributed by atoms with Crippen LogP contribution < -0.4 is 0 Å². The van der Waals surface area contributed by atoms with E-state index in [0.717, 1.165) is 54.1 Å². The van der Waals surface area contributed by atoms with Crippen molar-refractivity contribution >= 4 is 30.9 Å². The fourth-order valence-electron chi connectivity index (χ4n) is 5.60. The van der Waals surface area contributed by atoms with Crippen molar-refractivity contribution < 1.29 is 14.6 Å². The summed E-state index contributed by atoms with van der Waals surface area (Å²) in [6, 6.07) is 8.51. The largest absolute Gasteiger partial charge is 0.416 e. The molecule has 1 aromatic rings. The van der Waals surface area contributed by atoms with Gasteiger partial charge in [0.25, 0.3) is 0 Å². The average molecular weight is 520 g/mol.